The van der Waals surface area contributed by atoms with Crippen LogP contribution in [-0.2, 0) is 11.6 Å². The van der Waals surface area contributed by atoms with Crippen molar-refractivity contribution in [3.05, 3.63) is 59.4 Å². The Morgan fingerprint density at radius 1 is 1.17 bits per heavy atom. The smallest absolute Gasteiger partial charge is 0.397 e. The van der Waals surface area contributed by atoms with Gasteiger partial charge >= 0.3 is 6.18 Å². The summed E-state index contributed by atoms with van der Waals surface area (Å²) >= 11 is 0. The highest BCUT2D eigenvalue weighted by Crippen LogP contribution is 2.53. The lowest BCUT2D eigenvalue weighted by Gasteiger charge is -2.46. The molecule has 1 fully saturated rings. The molecule has 6 heteroatoms. The van der Waals surface area contributed by atoms with Crippen molar-refractivity contribution in [2.24, 2.45) is 0 Å². The van der Waals surface area contributed by atoms with E-state index in [9.17, 15) is 18.3 Å². The third kappa shape index (κ3) is 2.67. The van der Waals surface area contributed by atoms with E-state index in [4.69, 9.17) is 5.73 Å². The summed E-state index contributed by atoms with van der Waals surface area (Å²) in [5.74, 6) is 0. The maximum atomic E-state index is 13.0. The molecule has 0 spiro atoms. The van der Waals surface area contributed by atoms with Crippen molar-refractivity contribution < 1.29 is 18.3 Å². The Balaban J connectivity index is 2.03. The van der Waals surface area contributed by atoms with Crippen LogP contribution in [0.2, 0.25) is 0 Å². The molecule has 1 aromatic heterocycles. The number of hydrogen-bond acceptors (Lipinski definition) is 3. The monoisotopic (exact) mass is 322 g/mol. The molecule has 0 bridgehead atoms. The van der Waals surface area contributed by atoms with Crippen LogP contribution in [0.25, 0.3) is 0 Å². The zero-order valence-electron chi connectivity index (χ0n) is 12.3. The largest absolute Gasteiger partial charge is 0.416 e. The summed E-state index contributed by atoms with van der Waals surface area (Å²) in [6.07, 6.45) is -1.86. The second kappa shape index (κ2) is 5.53. The summed E-state index contributed by atoms with van der Waals surface area (Å²) in [4.78, 5) is 4.13. The lowest BCUT2D eigenvalue weighted by atomic mass is 9.60. The molecule has 0 amide bonds. The molecule has 23 heavy (non-hydrogen) atoms. The van der Waals surface area contributed by atoms with Crippen LogP contribution >= 0.6 is 0 Å². The molecule has 1 aliphatic rings. The third-order valence-corrected chi connectivity index (χ3v) is 4.66. The number of alkyl halides is 3. The van der Waals surface area contributed by atoms with Crippen molar-refractivity contribution in [2.75, 3.05) is 5.73 Å². The van der Waals surface area contributed by atoms with Gasteiger partial charge in [0.2, 0.25) is 0 Å². The summed E-state index contributed by atoms with van der Waals surface area (Å²) in [6.45, 7) is 0. The molecule has 1 aliphatic carbocycles. The van der Waals surface area contributed by atoms with Gasteiger partial charge in [-0.3, -0.25) is 4.98 Å². The third-order valence-electron chi connectivity index (χ3n) is 4.66. The second-order valence-electron chi connectivity index (χ2n) is 5.97. The Morgan fingerprint density at radius 3 is 2.48 bits per heavy atom. The number of anilines is 1. The molecule has 1 unspecified atom stereocenters. The van der Waals surface area contributed by atoms with E-state index in [1.54, 1.807) is 18.2 Å². The minimum Gasteiger partial charge on any atom is -0.397 e. The van der Waals surface area contributed by atoms with Crippen molar-refractivity contribution in [2.45, 2.75) is 37.0 Å². The molecular formula is C17H17F3N2O. The number of nitrogens with two attached hydrogens (primary N) is 1. The van der Waals surface area contributed by atoms with Crippen LogP contribution in [0, 0.1) is 0 Å². The SMILES string of the molecule is Nc1cccnc1C(O)C1(c2cccc(C(F)(F)F)c2)CCC1. The molecule has 122 valence electrons. The van der Waals surface area contributed by atoms with Gasteiger partial charge in [-0.15, -0.1) is 0 Å². The number of nitrogen functional groups attached to an aromatic ring is 1. The first-order valence-electron chi connectivity index (χ1n) is 7.41. The van der Waals surface area contributed by atoms with Gasteiger partial charge in [0.1, 0.15) is 6.10 Å². The average molecular weight is 322 g/mol. The Hall–Kier alpha value is -2.08. The summed E-state index contributed by atoms with van der Waals surface area (Å²) in [5, 5.41) is 10.8. The van der Waals surface area contributed by atoms with Gasteiger partial charge in [0.25, 0.3) is 0 Å². The van der Waals surface area contributed by atoms with Gasteiger partial charge in [-0.05, 0) is 36.6 Å². The molecule has 2 aromatic rings. The average Bonchev–Trinajstić information content (AvgIpc) is 2.46. The van der Waals surface area contributed by atoms with Gasteiger partial charge in [0, 0.05) is 11.6 Å². The molecule has 1 heterocycles. The van der Waals surface area contributed by atoms with Crippen molar-refractivity contribution in [3.8, 4) is 0 Å². The maximum absolute atomic E-state index is 13.0. The summed E-state index contributed by atoms with van der Waals surface area (Å²) in [7, 11) is 0. The van der Waals surface area contributed by atoms with Crippen molar-refractivity contribution in [3.63, 3.8) is 0 Å². The molecule has 0 saturated heterocycles. The summed E-state index contributed by atoms with van der Waals surface area (Å²) < 4.78 is 38.9. The van der Waals surface area contributed by atoms with Crippen LogP contribution in [0.5, 0.6) is 0 Å². The first kappa shape index (κ1) is 15.8. The zero-order chi connectivity index (χ0) is 16.7. The molecule has 1 saturated carbocycles. The molecule has 3 nitrogen and oxygen atoms in total. The number of hydrogen-bond donors (Lipinski definition) is 2. The number of nitrogens with zero attached hydrogens (tertiary/aromatic N) is 1. The highest BCUT2D eigenvalue weighted by molar-refractivity contribution is 5.46. The fourth-order valence-electron chi connectivity index (χ4n) is 3.20. The second-order valence-corrected chi connectivity index (χ2v) is 5.97. The first-order valence-corrected chi connectivity index (χ1v) is 7.41. The molecule has 3 rings (SSSR count). The van der Waals surface area contributed by atoms with Crippen LogP contribution < -0.4 is 5.73 Å². The number of aromatic nitrogens is 1. The Labute approximate surface area is 132 Å². The predicted octanol–water partition coefficient (Wildman–Crippen LogP) is 3.84. The molecule has 1 atom stereocenters. The van der Waals surface area contributed by atoms with E-state index in [-0.39, 0.29) is 0 Å². The van der Waals surface area contributed by atoms with Crippen molar-refractivity contribution >= 4 is 5.69 Å². The topological polar surface area (TPSA) is 59.1 Å². The maximum Gasteiger partial charge on any atom is 0.416 e. The molecule has 3 N–H and O–H groups in total. The van der Waals surface area contributed by atoms with Crippen molar-refractivity contribution in [1.29, 1.82) is 0 Å². The quantitative estimate of drug-likeness (QED) is 0.902. The fraction of sp³-hybridized carbons (Fsp3) is 0.353. The van der Waals surface area contributed by atoms with E-state index < -0.39 is 23.3 Å². The first-order chi connectivity index (χ1) is 10.8. The van der Waals surface area contributed by atoms with Gasteiger partial charge in [-0.2, -0.15) is 13.2 Å². The molecular weight excluding hydrogens is 305 g/mol. The number of pyridine rings is 1. The number of halogens is 3. The number of aliphatic hydroxyl groups excluding tert-OH is 1. The zero-order valence-corrected chi connectivity index (χ0v) is 12.3. The van der Waals surface area contributed by atoms with Gasteiger partial charge in [0.05, 0.1) is 16.9 Å². The van der Waals surface area contributed by atoms with Crippen LogP contribution in [0.15, 0.2) is 42.6 Å². The number of benzene rings is 1. The standard InChI is InChI=1S/C17H17F3N2O/c18-17(19,20)12-5-1-4-11(10-12)16(7-3-8-16)15(23)14-13(21)6-2-9-22-14/h1-2,4-6,9-10,15,23H,3,7-8,21H2. The van der Waals surface area contributed by atoms with E-state index in [0.29, 0.717) is 29.8 Å². The van der Waals surface area contributed by atoms with Crippen molar-refractivity contribution in [1.82, 2.24) is 4.98 Å². The van der Waals surface area contributed by atoms with Crippen LogP contribution in [0.1, 0.15) is 42.2 Å². The number of rotatable bonds is 3. The molecule has 0 aliphatic heterocycles. The van der Waals surface area contributed by atoms with E-state index in [0.717, 1.165) is 18.6 Å². The minimum absolute atomic E-state index is 0.324. The Kier molecular flexibility index (Phi) is 3.80. The highest BCUT2D eigenvalue weighted by Gasteiger charge is 2.47. The summed E-state index contributed by atoms with van der Waals surface area (Å²) in [5.41, 5.74) is 5.56. The van der Waals surface area contributed by atoms with E-state index in [1.165, 1.54) is 12.3 Å². The van der Waals surface area contributed by atoms with E-state index >= 15 is 0 Å². The predicted molar refractivity (Wildman–Crippen MR) is 80.6 cm³/mol. The van der Waals surface area contributed by atoms with Gasteiger partial charge < -0.3 is 10.8 Å². The Bertz CT molecular complexity index is 711. The molecule has 1 aromatic carbocycles. The normalized spacial score (nSPS) is 18.3. The Morgan fingerprint density at radius 2 is 1.91 bits per heavy atom. The van der Waals surface area contributed by atoms with Gasteiger partial charge in [0.15, 0.2) is 0 Å². The lowest BCUT2D eigenvalue weighted by Crippen LogP contribution is -2.41. The highest BCUT2D eigenvalue weighted by atomic mass is 19.4. The van der Waals surface area contributed by atoms with Crippen LogP contribution in [0.3, 0.4) is 0 Å². The van der Waals surface area contributed by atoms with Crippen LogP contribution in [0.4, 0.5) is 18.9 Å². The van der Waals surface area contributed by atoms with Gasteiger partial charge in [-0.1, -0.05) is 24.6 Å². The summed E-state index contributed by atoms with van der Waals surface area (Å²) in [6, 6.07) is 8.47. The van der Waals surface area contributed by atoms with Gasteiger partial charge in [-0.25, -0.2) is 0 Å². The minimum atomic E-state index is -4.41. The number of aliphatic hydroxyl groups is 1. The van der Waals surface area contributed by atoms with E-state index in [1.807, 2.05) is 0 Å². The van der Waals surface area contributed by atoms with E-state index in [2.05, 4.69) is 4.98 Å². The lowest BCUT2D eigenvalue weighted by molar-refractivity contribution is -0.137. The fourth-order valence-corrected chi connectivity index (χ4v) is 3.20. The molecule has 0 radical (unpaired) electrons. The van der Waals surface area contributed by atoms with Crippen LogP contribution in [-0.4, -0.2) is 10.1 Å².